The van der Waals surface area contributed by atoms with Crippen LogP contribution in [0.2, 0.25) is 0 Å². The fourth-order valence-electron chi connectivity index (χ4n) is 4.73. The van der Waals surface area contributed by atoms with Gasteiger partial charge in [-0.3, -0.25) is 4.57 Å². The van der Waals surface area contributed by atoms with Gasteiger partial charge in [0.1, 0.15) is 30.3 Å². The van der Waals surface area contributed by atoms with Gasteiger partial charge in [-0.15, -0.1) is 0 Å². The highest BCUT2D eigenvalue weighted by molar-refractivity contribution is 7.79. The maximum absolute atomic E-state index is 12.9. The molecule has 0 spiro atoms. The molecule has 2 N–H and O–H groups in total. The number of ether oxygens (including phenoxy) is 4. The maximum Gasteiger partial charge on any atom is 0.358 e. The highest BCUT2D eigenvalue weighted by Crippen LogP contribution is 2.47. The van der Waals surface area contributed by atoms with E-state index >= 15 is 0 Å². The molecule has 4 aromatic rings. The van der Waals surface area contributed by atoms with Crippen molar-refractivity contribution in [2.75, 3.05) is 31.7 Å². The molecule has 226 valence electrons. The van der Waals surface area contributed by atoms with E-state index in [9.17, 15) is 4.79 Å². The fourth-order valence-corrected chi connectivity index (χ4v) is 6.58. The molecule has 1 aliphatic rings. The number of carbonyl (C=O) groups excluding carboxylic acids is 1. The maximum atomic E-state index is 12.9. The van der Waals surface area contributed by atoms with E-state index in [4.69, 9.17) is 45.9 Å². The molecule has 4 atom stereocenters. The number of fused-ring (bicyclic) bond motifs is 1. The fraction of sp³-hybridized carbons (Fsp3) is 0.345. The van der Waals surface area contributed by atoms with Crippen molar-refractivity contribution < 1.29 is 32.8 Å². The van der Waals surface area contributed by atoms with Crippen molar-refractivity contribution >= 4 is 48.8 Å². The van der Waals surface area contributed by atoms with Crippen LogP contribution in [-0.4, -0.2) is 68.9 Å². The van der Waals surface area contributed by atoms with E-state index in [1.807, 2.05) is 38.1 Å². The summed E-state index contributed by atoms with van der Waals surface area (Å²) in [6, 6.07) is 17.8. The van der Waals surface area contributed by atoms with Crippen molar-refractivity contribution in [2.45, 2.75) is 32.3 Å². The van der Waals surface area contributed by atoms with Gasteiger partial charge in [-0.1, -0.05) is 36.4 Å². The summed E-state index contributed by atoms with van der Waals surface area (Å²) in [4.78, 5) is 25.7. The van der Waals surface area contributed by atoms with Crippen LogP contribution in [0.25, 0.3) is 11.2 Å². The van der Waals surface area contributed by atoms with Gasteiger partial charge in [0.25, 0.3) is 0 Å². The molecule has 12 nitrogen and oxygen atoms in total. The first-order valence-corrected chi connectivity index (χ1v) is 15.5. The average molecular weight is 626 g/mol. The second-order valence-electron chi connectivity index (χ2n) is 9.37. The van der Waals surface area contributed by atoms with Crippen LogP contribution >= 0.6 is 20.6 Å². The van der Waals surface area contributed by atoms with Gasteiger partial charge in [-0.25, -0.2) is 19.7 Å². The first kappa shape index (κ1) is 30.7. The number of hydrogen-bond acceptors (Lipinski definition) is 12. The summed E-state index contributed by atoms with van der Waals surface area (Å²) < 4.78 is 38.1. The van der Waals surface area contributed by atoms with Gasteiger partial charge in [0.05, 0.1) is 25.1 Å². The summed E-state index contributed by atoms with van der Waals surface area (Å²) in [6.45, 7) is 4.66. The SMILES string of the molecule is CCOP(C[C@H]1[C@@H](OC(=S)Oc2ccccc2)[C@H](n2cnc3c(N)ncnc32)O[C@@H]1COC(=O)c1ccccc1)OCC. The Morgan fingerprint density at radius 3 is 2.42 bits per heavy atom. The normalized spacial score (nSPS) is 19.9. The Labute approximate surface area is 255 Å². The highest BCUT2D eigenvalue weighted by atomic mass is 32.1. The number of carbonyl (C=O) groups is 1. The number of esters is 1. The summed E-state index contributed by atoms with van der Waals surface area (Å²) >= 11 is 5.54. The van der Waals surface area contributed by atoms with Crippen LogP contribution in [0.15, 0.2) is 73.3 Å². The lowest BCUT2D eigenvalue weighted by atomic mass is 10.0. The summed E-state index contributed by atoms with van der Waals surface area (Å²) in [6.07, 6.45) is 1.14. The van der Waals surface area contributed by atoms with Gasteiger partial charge in [0.15, 0.2) is 32.2 Å². The van der Waals surface area contributed by atoms with Crippen LogP contribution < -0.4 is 10.5 Å². The third-order valence-electron chi connectivity index (χ3n) is 6.63. The second kappa shape index (κ2) is 14.6. The molecule has 0 radical (unpaired) electrons. The minimum absolute atomic E-state index is 0.0633. The van der Waals surface area contributed by atoms with Crippen molar-refractivity contribution in [3.8, 4) is 5.75 Å². The molecule has 0 saturated carbocycles. The molecule has 5 rings (SSSR count). The van der Waals surface area contributed by atoms with Gasteiger partial charge in [0.2, 0.25) is 0 Å². The third-order valence-corrected chi connectivity index (χ3v) is 8.62. The van der Waals surface area contributed by atoms with Gasteiger partial charge < -0.3 is 33.7 Å². The van der Waals surface area contributed by atoms with E-state index in [0.717, 1.165) is 0 Å². The van der Waals surface area contributed by atoms with Crippen LogP contribution in [0.4, 0.5) is 5.82 Å². The predicted molar refractivity (Wildman–Crippen MR) is 163 cm³/mol. The van der Waals surface area contributed by atoms with Gasteiger partial charge in [-0.2, -0.15) is 0 Å². The first-order valence-electron chi connectivity index (χ1n) is 13.8. The van der Waals surface area contributed by atoms with Crippen LogP contribution in [-0.2, 0) is 23.3 Å². The lowest BCUT2D eigenvalue weighted by molar-refractivity contribution is -0.0534. The number of nitrogens with two attached hydrogens (primary N) is 1. The number of rotatable bonds is 12. The molecule has 3 heterocycles. The Hall–Kier alpha value is -3.74. The van der Waals surface area contributed by atoms with E-state index < -0.39 is 38.7 Å². The molecular formula is C29H32N5O7PS. The Bertz CT molecular complexity index is 1510. The number of nitrogens with zero attached hydrogens (tertiary/aromatic N) is 4. The Morgan fingerprint density at radius 1 is 1.02 bits per heavy atom. The second-order valence-corrected chi connectivity index (χ2v) is 11.3. The Kier molecular flexibility index (Phi) is 10.4. The lowest BCUT2D eigenvalue weighted by Gasteiger charge is -2.27. The van der Waals surface area contributed by atoms with Crippen molar-refractivity contribution in [3.05, 3.63) is 78.9 Å². The number of aromatic nitrogens is 4. The summed E-state index contributed by atoms with van der Waals surface area (Å²) in [5.41, 5.74) is 7.35. The summed E-state index contributed by atoms with van der Waals surface area (Å²) in [7, 11) is -1.34. The molecule has 0 amide bonds. The molecular weight excluding hydrogens is 593 g/mol. The number of imidazole rings is 1. The quantitative estimate of drug-likeness (QED) is 0.130. The largest absolute Gasteiger partial charge is 0.459 e. The van der Waals surface area contributed by atoms with Crippen LogP contribution in [0.5, 0.6) is 5.75 Å². The number of benzene rings is 2. The van der Waals surface area contributed by atoms with Crippen LogP contribution in [0.3, 0.4) is 0 Å². The van der Waals surface area contributed by atoms with Crippen molar-refractivity contribution in [1.29, 1.82) is 0 Å². The first-order chi connectivity index (χ1) is 21.0. The number of nitrogen functional groups attached to an aromatic ring is 1. The number of anilines is 1. The molecule has 0 unspecified atom stereocenters. The molecule has 1 saturated heterocycles. The van der Waals surface area contributed by atoms with Crippen molar-refractivity contribution in [3.63, 3.8) is 0 Å². The monoisotopic (exact) mass is 625 g/mol. The topological polar surface area (TPSA) is 142 Å². The molecule has 1 aliphatic heterocycles. The molecule has 1 fully saturated rings. The Balaban J connectivity index is 1.48. The molecule has 2 aromatic heterocycles. The zero-order chi connectivity index (χ0) is 30.2. The van der Waals surface area contributed by atoms with Gasteiger partial charge in [-0.05, 0) is 38.1 Å². The van der Waals surface area contributed by atoms with Crippen molar-refractivity contribution in [2.24, 2.45) is 5.92 Å². The third kappa shape index (κ3) is 7.43. The van der Waals surface area contributed by atoms with Crippen LogP contribution in [0.1, 0.15) is 30.4 Å². The minimum atomic E-state index is -1.34. The zero-order valence-electron chi connectivity index (χ0n) is 23.6. The lowest BCUT2D eigenvalue weighted by Crippen LogP contribution is -2.36. The molecule has 0 aliphatic carbocycles. The average Bonchev–Trinajstić information content (AvgIpc) is 3.59. The van der Waals surface area contributed by atoms with Gasteiger partial charge >= 0.3 is 11.2 Å². The standard InChI is InChI=1S/C29H32N5O7PS/c1-3-37-42(38-4-2)16-21-22(15-36-28(35)19-11-7-5-8-12-19)40-27(34-18-33-23-25(30)31-17-32-26(23)34)24(21)41-29(43)39-20-13-9-6-10-14-20/h5-14,17-18,21-22,24,27H,3-4,15-16H2,1-2H3,(H2,30,31,32)/t21-,22-,24-,27-/m1/s1. The number of hydrogen-bond donors (Lipinski definition) is 1. The molecule has 43 heavy (non-hydrogen) atoms. The predicted octanol–water partition coefficient (Wildman–Crippen LogP) is 4.91. The smallest absolute Gasteiger partial charge is 0.358 e. The molecule has 14 heteroatoms. The van der Waals surface area contributed by atoms with E-state index in [2.05, 4.69) is 15.0 Å². The minimum Gasteiger partial charge on any atom is -0.459 e. The number of thiocarbonyl (C=S) groups is 1. The van der Waals surface area contributed by atoms with Gasteiger partial charge in [0, 0.05) is 24.3 Å². The molecule has 0 bridgehead atoms. The summed E-state index contributed by atoms with van der Waals surface area (Å²) in [5.74, 6) is -0.139. The van der Waals surface area contributed by atoms with E-state index in [0.29, 0.717) is 41.9 Å². The van der Waals surface area contributed by atoms with Crippen LogP contribution in [0, 0.1) is 5.92 Å². The van der Waals surface area contributed by atoms with Crippen molar-refractivity contribution in [1.82, 2.24) is 19.5 Å². The summed E-state index contributed by atoms with van der Waals surface area (Å²) in [5, 5.41) is -0.104. The van der Waals surface area contributed by atoms with E-state index in [-0.39, 0.29) is 17.7 Å². The molecule has 2 aromatic carbocycles. The van der Waals surface area contributed by atoms with E-state index in [1.54, 1.807) is 47.3 Å². The van der Waals surface area contributed by atoms with E-state index in [1.165, 1.54) is 6.33 Å². The highest BCUT2D eigenvalue weighted by Gasteiger charge is 2.50. The number of para-hydroxylation sites is 1. The Morgan fingerprint density at radius 2 is 1.72 bits per heavy atom. The zero-order valence-corrected chi connectivity index (χ0v) is 25.4.